The smallest absolute Gasteiger partial charge is 0.231 e. The molecule has 6 nitrogen and oxygen atoms in total. The Bertz CT molecular complexity index is 999. The number of nitrogens with zero attached hydrogens (tertiary/aromatic N) is 2. The lowest BCUT2D eigenvalue weighted by atomic mass is 10.0. The maximum atomic E-state index is 12.9. The van der Waals surface area contributed by atoms with Crippen molar-refractivity contribution in [1.82, 2.24) is 9.80 Å². The van der Waals surface area contributed by atoms with Crippen LogP contribution in [-0.2, 0) is 11.3 Å². The number of ketones is 1. The van der Waals surface area contributed by atoms with Crippen molar-refractivity contribution < 1.29 is 19.0 Å². The molecule has 0 unspecified atom stereocenters. The van der Waals surface area contributed by atoms with E-state index in [9.17, 15) is 4.79 Å². The average molecular weight is 485 g/mol. The van der Waals surface area contributed by atoms with Gasteiger partial charge in [-0.15, -0.1) is 0 Å². The standard InChI is InChI=1S/C24H25BrN2O4/c25-18-4-2-17(3-5-18)14-22-23(28)19-6-7-21-20(24(19)31-22)15-27(16-30-21)9-1-8-26-10-12-29-13-11-26/h2-7,14H,1,8-13,15-16H2/b22-14-. The van der Waals surface area contributed by atoms with Gasteiger partial charge in [0, 0.05) is 30.7 Å². The minimum atomic E-state index is -0.0786. The summed E-state index contributed by atoms with van der Waals surface area (Å²) in [6.07, 6.45) is 2.87. The van der Waals surface area contributed by atoms with Crippen molar-refractivity contribution in [3.8, 4) is 11.5 Å². The summed E-state index contributed by atoms with van der Waals surface area (Å²) < 4.78 is 18.5. The maximum Gasteiger partial charge on any atom is 0.231 e. The molecule has 0 atom stereocenters. The molecule has 162 valence electrons. The number of fused-ring (bicyclic) bond motifs is 3. The topological polar surface area (TPSA) is 51.2 Å². The van der Waals surface area contributed by atoms with E-state index in [-0.39, 0.29) is 5.78 Å². The molecule has 31 heavy (non-hydrogen) atoms. The average Bonchev–Trinajstić information content (AvgIpc) is 3.12. The number of morpholine rings is 1. The summed E-state index contributed by atoms with van der Waals surface area (Å²) in [7, 11) is 0. The van der Waals surface area contributed by atoms with Crippen molar-refractivity contribution in [2.45, 2.75) is 13.0 Å². The van der Waals surface area contributed by atoms with Crippen LogP contribution in [0.4, 0.5) is 0 Å². The van der Waals surface area contributed by atoms with Crippen LogP contribution < -0.4 is 9.47 Å². The molecule has 5 rings (SSSR count). The number of hydrogen-bond donors (Lipinski definition) is 0. The van der Waals surface area contributed by atoms with Gasteiger partial charge in [-0.3, -0.25) is 14.6 Å². The van der Waals surface area contributed by atoms with Gasteiger partial charge in [-0.1, -0.05) is 28.1 Å². The van der Waals surface area contributed by atoms with Crippen LogP contribution in [0.25, 0.3) is 6.08 Å². The van der Waals surface area contributed by atoms with Crippen LogP contribution >= 0.6 is 15.9 Å². The van der Waals surface area contributed by atoms with Crippen molar-refractivity contribution in [2.75, 3.05) is 46.1 Å². The summed E-state index contributed by atoms with van der Waals surface area (Å²) in [5.41, 5.74) is 2.50. The highest BCUT2D eigenvalue weighted by molar-refractivity contribution is 9.10. The third kappa shape index (κ3) is 4.55. The fourth-order valence-corrected chi connectivity index (χ4v) is 4.47. The number of rotatable bonds is 5. The van der Waals surface area contributed by atoms with Gasteiger partial charge in [0.1, 0.15) is 18.2 Å². The number of allylic oxidation sites excluding steroid dienone is 1. The van der Waals surface area contributed by atoms with Crippen molar-refractivity contribution in [3.63, 3.8) is 0 Å². The molecule has 1 fully saturated rings. The van der Waals surface area contributed by atoms with Gasteiger partial charge >= 0.3 is 0 Å². The van der Waals surface area contributed by atoms with Gasteiger partial charge in [0.05, 0.1) is 24.3 Å². The van der Waals surface area contributed by atoms with E-state index in [4.69, 9.17) is 14.2 Å². The van der Waals surface area contributed by atoms with E-state index in [2.05, 4.69) is 25.7 Å². The molecule has 3 aliphatic heterocycles. The van der Waals surface area contributed by atoms with E-state index < -0.39 is 0 Å². The summed E-state index contributed by atoms with van der Waals surface area (Å²) in [4.78, 5) is 17.6. The lowest BCUT2D eigenvalue weighted by Crippen LogP contribution is -2.39. The lowest BCUT2D eigenvalue weighted by molar-refractivity contribution is 0.0329. The Morgan fingerprint density at radius 2 is 1.77 bits per heavy atom. The fourth-order valence-electron chi connectivity index (χ4n) is 4.20. The molecule has 0 spiro atoms. The molecular weight excluding hydrogens is 460 g/mol. The molecule has 3 heterocycles. The molecule has 2 aromatic rings. The van der Waals surface area contributed by atoms with Crippen LogP contribution in [0.5, 0.6) is 11.5 Å². The predicted molar refractivity (Wildman–Crippen MR) is 121 cm³/mol. The molecule has 0 radical (unpaired) electrons. The van der Waals surface area contributed by atoms with E-state index in [0.717, 1.165) is 73.7 Å². The molecule has 0 amide bonds. The first-order valence-corrected chi connectivity index (χ1v) is 11.5. The fraction of sp³-hybridized carbons (Fsp3) is 0.375. The van der Waals surface area contributed by atoms with Crippen molar-refractivity contribution in [3.05, 3.63) is 63.3 Å². The van der Waals surface area contributed by atoms with Gasteiger partial charge in [-0.05, 0) is 48.9 Å². The van der Waals surface area contributed by atoms with Gasteiger partial charge in [-0.2, -0.15) is 0 Å². The van der Waals surface area contributed by atoms with Crippen LogP contribution in [0.1, 0.15) is 27.9 Å². The molecule has 7 heteroatoms. The van der Waals surface area contributed by atoms with Crippen molar-refractivity contribution in [1.29, 1.82) is 0 Å². The van der Waals surface area contributed by atoms with Crippen LogP contribution in [0.2, 0.25) is 0 Å². The number of halogens is 1. The highest BCUT2D eigenvalue weighted by atomic mass is 79.9. The zero-order valence-corrected chi connectivity index (χ0v) is 18.9. The SMILES string of the molecule is O=C1/C(=C/c2ccc(Br)cc2)Oc2c1ccc1c2CN(CCCN2CCOCC2)CO1. The molecule has 0 N–H and O–H groups in total. The summed E-state index contributed by atoms with van der Waals surface area (Å²) in [6, 6.07) is 11.5. The Morgan fingerprint density at radius 1 is 1.00 bits per heavy atom. The van der Waals surface area contributed by atoms with E-state index in [1.165, 1.54) is 0 Å². The normalized spacial score (nSPS) is 20.3. The van der Waals surface area contributed by atoms with Crippen LogP contribution in [0.3, 0.4) is 0 Å². The summed E-state index contributed by atoms with van der Waals surface area (Å²) >= 11 is 3.43. The molecule has 0 saturated carbocycles. The first-order chi connectivity index (χ1) is 15.2. The van der Waals surface area contributed by atoms with Crippen molar-refractivity contribution in [2.24, 2.45) is 0 Å². The second-order valence-corrected chi connectivity index (χ2v) is 8.96. The number of carbonyl (C=O) groups is 1. The van der Waals surface area contributed by atoms with Crippen LogP contribution in [-0.4, -0.2) is 61.7 Å². The summed E-state index contributed by atoms with van der Waals surface area (Å²) in [5, 5.41) is 0. The third-order valence-corrected chi connectivity index (χ3v) is 6.43. The number of benzene rings is 2. The Labute approximate surface area is 190 Å². The maximum absolute atomic E-state index is 12.9. The predicted octanol–water partition coefficient (Wildman–Crippen LogP) is 3.94. The first kappa shape index (κ1) is 20.7. The summed E-state index contributed by atoms with van der Waals surface area (Å²) in [6.45, 7) is 6.96. The first-order valence-electron chi connectivity index (χ1n) is 10.7. The molecule has 0 aromatic heterocycles. The zero-order valence-electron chi connectivity index (χ0n) is 17.3. The Morgan fingerprint density at radius 3 is 2.58 bits per heavy atom. The lowest BCUT2D eigenvalue weighted by Gasteiger charge is -2.31. The second kappa shape index (κ2) is 9.12. The Balaban J connectivity index is 1.28. The van der Waals surface area contributed by atoms with E-state index in [1.54, 1.807) is 6.08 Å². The minimum Gasteiger partial charge on any atom is -0.478 e. The van der Waals surface area contributed by atoms with Gasteiger partial charge < -0.3 is 14.2 Å². The van der Waals surface area contributed by atoms with Gasteiger partial charge in [0.25, 0.3) is 0 Å². The largest absolute Gasteiger partial charge is 0.478 e. The zero-order chi connectivity index (χ0) is 21.2. The Kier molecular flexibility index (Phi) is 6.09. The molecule has 2 aromatic carbocycles. The molecule has 0 aliphatic carbocycles. The highest BCUT2D eigenvalue weighted by Crippen LogP contribution is 2.42. The van der Waals surface area contributed by atoms with Gasteiger partial charge in [0.2, 0.25) is 5.78 Å². The summed E-state index contributed by atoms with van der Waals surface area (Å²) in [5.74, 6) is 1.73. The number of carbonyl (C=O) groups excluding carboxylic acids is 1. The van der Waals surface area contributed by atoms with Gasteiger partial charge in [-0.25, -0.2) is 0 Å². The minimum absolute atomic E-state index is 0.0786. The molecule has 1 saturated heterocycles. The Hall–Kier alpha value is -2.19. The van der Waals surface area contributed by atoms with Crippen molar-refractivity contribution >= 4 is 27.8 Å². The third-order valence-electron chi connectivity index (χ3n) is 5.90. The van der Waals surface area contributed by atoms with Gasteiger partial charge in [0.15, 0.2) is 5.76 Å². The van der Waals surface area contributed by atoms with E-state index >= 15 is 0 Å². The quantitative estimate of drug-likeness (QED) is 0.599. The number of Topliss-reactive ketones (excluding diaryl/α,β-unsaturated/α-hetero) is 1. The van der Waals surface area contributed by atoms with E-state index in [0.29, 0.717) is 23.8 Å². The number of ether oxygens (including phenoxy) is 3. The highest BCUT2D eigenvalue weighted by Gasteiger charge is 2.33. The molecular formula is C24H25BrN2O4. The molecule has 3 aliphatic rings. The molecule has 0 bridgehead atoms. The number of hydrogen-bond acceptors (Lipinski definition) is 6. The van der Waals surface area contributed by atoms with Crippen LogP contribution in [0, 0.1) is 0 Å². The van der Waals surface area contributed by atoms with E-state index in [1.807, 2.05) is 36.4 Å². The monoisotopic (exact) mass is 484 g/mol. The second-order valence-electron chi connectivity index (χ2n) is 8.04. The van der Waals surface area contributed by atoms with Crippen LogP contribution in [0.15, 0.2) is 46.6 Å².